The number of rotatable bonds is 3. The number of aliphatic hydroxyl groups excluding tert-OH is 1. The van der Waals surface area contributed by atoms with E-state index in [1.54, 1.807) is 0 Å². The van der Waals surface area contributed by atoms with Gasteiger partial charge in [-0.05, 0) is 51.2 Å². The molecule has 2 nitrogen and oxygen atoms in total. The van der Waals surface area contributed by atoms with Gasteiger partial charge in [-0.2, -0.15) is 0 Å². The summed E-state index contributed by atoms with van der Waals surface area (Å²) in [5, 5.41) is 9.93. The van der Waals surface area contributed by atoms with E-state index in [4.69, 9.17) is 16.7 Å². The van der Waals surface area contributed by atoms with Gasteiger partial charge in [0.1, 0.15) is 0 Å². The molecular formula is C15H22ClNO. The molecule has 1 aromatic carbocycles. The normalized spacial score (nSPS) is 23.1. The molecule has 1 aliphatic heterocycles. The van der Waals surface area contributed by atoms with E-state index in [2.05, 4.69) is 24.8 Å². The Bertz CT molecular complexity index is 405. The summed E-state index contributed by atoms with van der Waals surface area (Å²) in [7, 11) is 0. The van der Waals surface area contributed by atoms with Crippen LogP contribution in [0.2, 0.25) is 5.02 Å². The van der Waals surface area contributed by atoms with Crippen LogP contribution < -0.4 is 4.90 Å². The molecule has 100 valence electrons. The minimum absolute atomic E-state index is 0.136. The summed E-state index contributed by atoms with van der Waals surface area (Å²) in [5.41, 5.74) is 1.25. The summed E-state index contributed by atoms with van der Waals surface area (Å²) in [6.45, 7) is 5.80. The molecule has 1 saturated heterocycles. The molecule has 1 fully saturated rings. The second kappa shape index (κ2) is 5.50. The molecular weight excluding hydrogens is 246 g/mol. The summed E-state index contributed by atoms with van der Waals surface area (Å²) in [4.78, 5) is 2.40. The van der Waals surface area contributed by atoms with Crippen molar-refractivity contribution in [2.75, 3.05) is 18.1 Å². The minimum atomic E-state index is 0.136. The Morgan fingerprint density at radius 2 is 2.11 bits per heavy atom. The predicted molar refractivity (Wildman–Crippen MR) is 77.3 cm³/mol. The molecule has 0 spiro atoms. The number of anilines is 1. The second-order valence-electron chi connectivity index (χ2n) is 5.79. The molecule has 0 radical (unpaired) electrons. The Balaban J connectivity index is 2.24. The van der Waals surface area contributed by atoms with Crippen molar-refractivity contribution in [1.29, 1.82) is 0 Å². The third-order valence-corrected chi connectivity index (χ3v) is 4.34. The van der Waals surface area contributed by atoms with E-state index in [1.165, 1.54) is 6.42 Å². The molecule has 0 bridgehead atoms. The molecule has 0 aliphatic carbocycles. The van der Waals surface area contributed by atoms with Crippen LogP contribution in [0.15, 0.2) is 24.3 Å². The zero-order valence-corrected chi connectivity index (χ0v) is 12.0. The van der Waals surface area contributed by atoms with Crippen LogP contribution in [-0.4, -0.2) is 23.8 Å². The quantitative estimate of drug-likeness (QED) is 0.902. The molecule has 1 N–H and O–H groups in total. The third kappa shape index (κ3) is 2.81. The zero-order valence-electron chi connectivity index (χ0n) is 11.2. The zero-order chi connectivity index (χ0) is 13.2. The Morgan fingerprint density at radius 1 is 1.39 bits per heavy atom. The topological polar surface area (TPSA) is 23.5 Å². The second-order valence-corrected chi connectivity index (χ2v) is 6.20. The van der Waals surface area contributed by atoms with Crippen LogP contribution in [0.3, 0.4) is 0 Å². The highest BCUT2D eigenvalue weighted by Crippen LogP contribution is 2.38. The van der Waals surface area contributed by atoms with Crippen molar-refractivity contribution in [3.05, 3.63) is 29.3 Å². The maximum absolute atomic E-state index is 9.12. The standard InChI is InChI=1S/C15H22ClNO/c1-15(2)9-7-12(8-10-18)11-17(15)14-6-4-3-5-13(14)16/h3-6,12,18H,7-11H2,1-2H3. The lowest BCUT2D eigenvalue weighted by molar-refractivity contribution is 0.217. The van der Waals surface area contributed by atoms with Gasteiger partial charge in [0.2, 0.25) is 0 Å². The Hall–Kier alpha value is -0.730. The Morgan fingerprint density at radius 3 is 2.78 bits per heavy atom. The van der Waals surface area contributed by atoms with Crippen molar-refractivity contribution < 1.29 is 5.11 Å². The van der Waals surface area contributed by atoms with E-state index < -0.39 is 0 Å². The summed E-state index contributed by atoms with van der Waals surface area (Å²) in [6.07, 6.45) is 3.22. The molecule has 2 rings (SSSR count). The molecule has 0 aromatic heterocycles. The monoisotopic (exact) mass is 267 g/mol. The van der Waals surface area contributed by atoms with Crippen LogP contribution in [-0.2, 0) is 0 Å². The predicted octanol–water partition coefficient (Wildman–Crippen LogP) is 3.72. The van der Waals surface area contributed by atoms with Crippen LogP contribution in [0.1, 0.15) is 33.1 Å². The number of hydrogen-bond acceptors (Lipinski definition) is 2. The molecule has 1 atom stereocenters. The maximum atomic E-state index is 9.12. The van der Waals surface area contributed by atoms with Gasteiger partial charge >= 0.3 is 0 Å². The number of halogens is 1. The van der Waals surface area contributed by atoms with Crippen molar-refractivity contribution in [3.8, 4) is 0 Å². The summed E-state index contributed by atoms with van der Waals surface area (Å²) in [6, 6.07) is 8.04. The molecule has 0 amide bonds. The molecule has 18 heavy (non-hydrogen) atoms. The van der Waals surface area contributed by atoms with Crippen LogP contribution in [0.25, 0.3) is 0 Å². The largest absolute Gasteiger partial charge is 0.396 e. The van der Waals surface area contributed by atoms with Gasteiger partial charge in [-0.25, -0.2) is 0 Å². The van der Waals surface area contributed by atoms with Crippen LogP contribution in [0, 0.1) is 5.92 Å². The van der Waals surface area contributed by atoms with Gasteiger partial charge in [-0.3, -0.25) is 0 Å². The number of aliphatic hydroxyl groups is 1. The number of benzene rings is 1. The lowest BCUT2D eigenvalue weighted by atomic mass is 9.83. The number of piperidine rings is 1. The highest BCUT2D eigenvalue weighted by atomic mass is 35.5. The first-order valence-corrected chi connectivity index (χ1v) is 7.05. The van der Waals surface area contributed by atoms with Gasteiger partial charge in [0, 0.05) is 18.7 Å². The molecule has 1 aliphatic rings. The average Bonchev–Trinajstić information content (AvgIpc) is 2.33. The van der Waals surface area contributed by atoms with Crippen molar-refractivity contribution in [3.63, 3.8) is 0 Å². The SMILES string of the molecule is CC1(C)CCC(CCO)CN1c1ccccc1Cl. The molecule has 1 heterocycles. The highest BCUT2D eigenvalue weighted by molar-refractivity contribution is 6.33. The van der Waals surface area contributed by atoms with E-state index in [1.807, 2.05) is 18.2 Å². The fourth-order valence-electron chi connectivity index (χ4n) is 2.80. The van der Waals surface area contributed by atoms with Crippen molar-refractivity contribution in [1.82, 2.24) is 0 Å². The smallest absolute Gasteiger partial charge is 0.0639 e. The van der Waals surface area contributed by atoms with Gasteiger partial charge in [0.25, 0.3) is 0 Å². The number of para-hydroxylation sites is 1. The third-order valence-electron chi connectivity index (χ3n) is 4.02. The number of nitrogens with zero attached hydrogens (tertiary/aromatic N) is 1. The fraction of sp³-hybridized carbons (Fsp3) is 0.600. The van der Waals surface area contributed by atoms with Gasteiger partial charge in [0.15, 0.2) is 0 Å². The summed E-state index contributed by atoms with van der Waals surface area (Å²) >= 11 is 6.32. The van der Waals surface area contributed by atoms with Crippen molar-refractivity contribution in [2.24, 2.45) is 5.92 Å². The van der Waals surface area contributed by atoms with Crippen LogP contribution >= 0.6 is 11.6 Å². The van der Waals surface area contributed by atoms with E-state index in [0.29, 0.717) is 5.92 Å². The van der Waals surface area contributed by atoms with E-state index in [9.17, 15) is 0 Å². The van der Waals surface area contributed by atoms with Gasteiger partial charge in [-0.1, -0.05) is 23.7 Å². The first-order chi connectivity index (χ1) is 8.54. The molecule has 1 unspecified atom stereocenters. The van der Waals surface area contributed by atoms with Gasteiger partial charge < -0.3 is 10.0 Å². The van der Waals surface area contributed by atoms with Crippen LogP contribution in [0.4, 0.5) is 5.69 Å². The highest BCUT2D eigenvalue weighted by Gasteiger charge is 2.34. The first kappa shape index (κ1) is 13.7. The van der Waals surface area contributed by atoms with E-state index in [-0.39, 0.29) is 12.1 Å². The molecule has 0 saturated carbocycles. The Labute approximate surface area is 115 Å². The fourth-order valence-corrected chi connectivity index (χ4v) is 3.04. The average molecular weight is 268 g/mol. The first-order valence-electron chi connectivity index (χ1n) is 6.67. The lowest BCUT2D eigenvalue weighted by Gasteiger charge is -2.47. The summed E-state index contributed by atoms with van der Waals surface area (Å²) in [5.74, 6) is 0.569. The van der Waals surface area contributed by atoms with E-state index in [0.717, 1.165) is 30.1 Å². The Kier molecular flexibility index (Phi) is 4.18. The lowest BCUT2D eigenvalue weighted by Crippen LogP contribution is -2.50. The minimum Gasteiger partial charge on any atom is -0.396 e. The van der Waals surface area contributed by atoms with Crippen molar-refractivity contribution in [2.45, 2.75) is 38.6 Å². The van der Waals surface area contributed by atoms with Crippen molar-refractivity contribution >= 4 is 17.3 Å². The molecule has 1 aromatic rings. The molecule has 3 heteroatoms. The number of hydrogen-bond donors (Lipinski definition) is 1. The van der Waals surface area contributed by atoms with Crippen LogP contribution in [0.5, 0.6) is 0 Å². The van der Waals surface area contributed by atoms with Gasteiger partial charge in [-0.15, -0.1) is 0 Å². The van der Waals surface area contributed by atoms with Gasteiger partial charge in [0.05, 0.1) is 10.7 Å². The van der Waals surface area contributed by atoms with E-state index >= 15 is 0 Å². The maximum Gasteiger partial charge on any atom is 0.0639 e. The summed E-state index contributed by atoms with van der Waals surface area (Å²) < 4.78 is 0.